The molecule has 3 N–H and O–H groups in total. The van der Waals surface area contributed by atoms with Gasteiger partial charge in [0.1, 0.15) is 12.2 Å². The molecule has 1 aliphatic carbocycles. The van der Waals surface area contributed by atoms with Gasteiger partial charge in [-0.15, -0.1) is 0 Å². The van der Waals surface area contributed by atoms with Gasteiger partial charge in [0.2, 0.25) is 0 Å². The minimum absolute atomic E-state index is 0.171. The van der Waals surface area contributed by atoms with Crippen LogP contribution in [-0.2, 0) is 6.54 Å². The number of carbonyl (C=O) groups excluding carboxylic acids is 1. The van der Waals surface area contributed by atoms with E-state index < -0.39 is 48.9 Å². The average Bonchev–Trinajstić information content (AvgIpc) is 3.22. The van der Waals surface area contributed by atoms with Crippen LogP contribution in [0.4, 0.5) is 36.8 Å². The van der Waals surface area contributed by atoms with Crippen LogP contribution in [0, 0.1) is 6.92 Å². The van der Waals surface area contributed by atoms with Gasteiger partial charge in [-0.1, -0.05) is 0 Å². The summed E-state index contributed by atoms with van der Waals surface area (Å²) < 4.78 is 80.4. The number of hydrogen-bond donors (Lipinski definition) is 3. The number of urea groups is 1. The highest BCUT2D eigenvalue weighted by Gasteiger charge is 2.65. The van der Waals surface area contributed by atoms with Crippen LogP contribution >= 0.6 is 0 Å². The van der Waals surface area contributed by atoms with E-state index in [2.05, 4.69) is 20.5 Å². The summed E-state index contributed by atoms with van der Waals surface area (Å²) in [6.07, 6.45) is -7.09. The van der Waals surface area contributed by atoms with E-state index in [9.17, 15) is 36.2 Å². The minimum Gasteiger partial charge on any atom is -0.380 e. The summed E-state index contributed by atoms with van der Waals surface area (Å²) in [5.41, 5.74) is -2.60. The first kappa shape index (κ1) is 24.4. The summed E-state index contributed by atoms with van der Waals surface area (Å²) in [5, 5.41) is 19.8. The maximum absolute atomic E-state index is 13.4. The fourth-order valence-electron chi connectivity index (χ4n) is 4.99. The molecular weight excluding hydrogens is 494 g/mol. The first-order valence-corrected chi connectivity index (χ1v) is 11.2. The monoisotopic (exact) mass is 516 g/mol. The lowest BCUT2D eigenvalue weighted by atomic mass is 9.84. The van der Waals surface area contributed by atoms with Crippen molar-refractivity contribution >= 4 is 22.6 Å². The van der Waals surface area contributed by atoms with Crippen LogP contribution < -0.4 is 5.32 Å². The Balaban J connectivity index is 1.39. The second-order valence-electron chi connectivity index (χ2n) is 9.54. The topological polar surface area (TPSA) is 99.1 Å². The van der Waals surface area contributed by atoms with Gasteiger partial charge in [0.05, 0.1) is 23.1 Å². The summed E-state index contributed by atoms with van der Waals surface area (Å²) in [5.74, 6) is 0. The maximum Gasteiger partial charge on any atom is 0.417 e. The molecule has 0 bridgehead atoms. The van der Waals surface area contributed by atoms with Crippen molar-refractivity contribution in [3.05, 3.63) is 30.2 Å². The smallest absolute Gasteiger partial charge is 0.380 e. The van der Waals surface area contributed by atoms with Gasteiger partial charge in [0, 0.05) is 42.2 Å². The molecule has 194 valence electrons. The lowest BCUT2D eigenvalue weighted by molar-refractivity contribution is -0.277. The molecular formula is C22H22F6N6O2. The molecule has 0 aromatic carbocycles. The Kier molecular flexibility index (Phi) is 5.32. The SMILES string of the molecule is Cc1cc2cnc(-c3[nH]ncc3NC(=O)N3CCC(O)(C(F)(F)F)CC34CC4)cc2n1CC(F)(F)F. The Hall–Kier alpha value is -3.29. The Morgan fingerprint density at radius 2 is 1.89 bits per heavy atom. The molecule has 1 atom stereocenters. The van der Waals surface area contributed by atoms with Crippen molar-refractivity contribution in [1.82, 2.24) is 24.6 Å². The normalized spacial score (nSPS) is 21.8. The Labute approximate surface area is 200 Å². The Bertz CT molecular complexity index is 1320. The molecule has 14 heteroatoms. The van der Waals surface area contributed by atoms with Gasteiger partial charge < -0.3 is 19.9 Å². The largest absolute Gasteiger partial charge is 0.417 e. The molecule has 1 spiro atoms. The van der Waals surface area contributed by atoms with Crippen LogP contribution in [0.2, 0.25) is 0 Å². The number of anilines is 1. The predicted octanol–water partition coefficient (Wildman–Crippen LogP) is 4.75. The van der Waals surface area contributed by atoms with Gasteiger partial charge in [-0.25, -0.2) is 4.79 Å². The standard InChI is InChI=1S/C22H22F6N6O2/c1-12-6-13-8-29-14(7-16(13)33(12)11-21(23,24)25)17-15(9-30-32-17)31-18(35)34-5-4-20(36,22(26,27)28)10-19(34)2-3-19/h6-9,36H,2-5,10-11H2,1H3,(H,30,32)(H,31,35). The number of carbonyl (C=O) groups is 1. The van der Waals surface area contributed by atoms with Gasteiger partial charge in [-0.05, 0) is 31.9 Å². The van der Waals surface area contributed by atoms with Crippen LogP contribution in [0.15, 0.2) is 24.5 Å². The molecule has 0 radical (unpaired) electrons. The minimum atomic E-state index is -4.80. The highest BCUT2D eigenvalue weighted by molar-refractivity contribution is 5.94. The third kappa shape index (κ3) is 4.16. The molecule has 2 fully saturated rings. The van der Waals surface area contributed by atoms with Crippen molar-refractivity contribution in [2.75, 3.05) is 11.9 Å². The zero-order valence-electron chi connectivity index (χ0n) is 19.0. The van der Waals surface area contributed by atoms with Crippen molar-refractivity contribution in [2.45, 2.75) is 62.6 Å². The molecule has 36 heavy (non-hydrogen) atoms. The van der Waals surface area contributed by atoms with Crippen molar-refractivity contribution in [2.24, 2.45) is 0 Å². The summed E-state index contributed by atoms with van der Waals surface area (Å²) in [6, 6.07) is 2.38. The van der Waals surface area contributed by atoms with Gasteiger partial charge >= 0.3 is 18.4 Å². The molecule has 3 aromatic heterocycles. The van der Waals surface area contributed by atoms with Gasteiger partial charge in [-0.2, -0.15) is 31.4 Å². The first-order chi connectivity index (χ1) is 16.7. The molecule has 1 saturated carbocycles. The summed E-state index contributed by atoms with van der Waals surface area (Å²) in [6.45, 7) is 0.0859. The van der Waals surface area contributed by atoms with E-state index in [1.54, 1.807) is 13.0 Å². The fraction of sp³-hybridized carbons (Fsp3) is 0.500. The number of likely N-dealkylation sites (tertiary alicyclic amines) is 1. The third-order valence-electron chi connectivity index (χ3n) is 7.01. The van der Waals surface area contributed by atoms with E-state index in [0.29, 0.717) is 29.4 Å². The first-order valence-electron chi connectivity index (χ1n) is 11.2. The molecule has 1 saturated heterocycles. The van der Waals surface area contributed by atoms with Crippen molar-refractivity contribution in [3.63, 3.8) is 0 Å². The lowest BCUT2D eigenvalue weighted by Crippen LogP contribution is -2.60. The number of aliphatic hydroxyl groups is 1. The molecule has 1 unspecified atom stereocenters. The van der Waals surface area contributed by atoms with Crippen molar-refractivity contribution in [1.29, 1.82) is 0 Å². The highest BCUT2D eigenvalue weighted by Crippen LogP contribution is 2.55. The third-order valence-corrected chi connectivity index (χ3v) is 7.01. The van der Waals surface area contributed by atoms with Gasteiger partial charge in [0.25, 0.3) is 0 Å². The number of aromatic nitrogens is 4. The number of fused-ring (bicyclic) bond motifs is 1. The molecule has 5 rings (SSSR count). The number of H-pyrrole nitrogens is 1. The van der Waals surface area contributed by atoms with Crippen LogP contribution in [0.1, 0.15) is 31.4 Å². The van der Waals surface area contributed by atoms with Crippen LogP contribution in [0.25, 0.3) is 22.3 Å². The number of nitrogens with zero attached hydrogens (tertiary/aromatic N) is 4. The number of amides is 2. The number of pyridine rings is 1. The molecule has 2 amide bonds. The maximum atomic E-state index is 13.4. The Morgan fingerprint density at radius 1 is 1.17 bits per heavy atom. The zero-order valence-corrected chi connectivity index (χ0v) is 19.0. The number of nitrogens with one attached hydrogen (secondary N) is 2. The number of hydrogen-bond acceptors (Lipinski definition) is 4. The molecule has 4 heterocycles. The molecule has 1 aliphatic heterocycles. The summed E-state index contributed by atoms with van der Waals surface area (Å²) in [4.78, 5) is 18.6. The number of halogens is 6. The van der Waals surface area contributed by atoms with E-state index in [4.69, 9.17) is 0 Å². The number of aryl methyl sites for hydroxylation is 1. The van der Waals surface area contributed by atoms with Crippen molar-refractivity contribution < 1.29 is 36.2 Å². The van der Waals surface area contributed by atoms with E-state index in [0.717, 1.165) is 4.57 Å². The number of piperidine rings is 1. The van der Waals surface area contributed by atoms with Crippen molar-refractivity contribution in [3.8, 4) is 11.4 Å². The van der Waals surface area contributed by atoms with E-state index in [-0.39, 0.29) is 23.6 Å². The van der Waals surface area contributed by atoms with Crippen LogP contribution in [0.5, 0.6) is 0 Å². The van der Waals surface area contributed by atoms with E-state index >= 15 is 0 Å². The highest BCUT2D eigenvalue weighted by atomic mass is 19.4. The quantitative estimate of drug-likeness (QED) is 0.438. The van der Waals surface area contributed by atoms with Gasteiger partial charge in [0.15, 0.2) is 5.60 Å². The second kappa shape index (κ2) is 7.85. The fourth-order valence-corrected chi connectivity index (χ4v) is 4.99. The van der Waals surface area contributed by atoms with Gasteiger partial charge in [-0.3, -0.25) is 10.1 Å². The number of rotatable bonds is 3. The van der Waals surface area contributed by atoms with Crippen LogP contribution in [-0.4, -0.2) is 65.8 Å². The number of aromatic amines is 1. The van der Waals surface area contributed by atoms with Crippen LogP contribution in [0.3, 0.4) is 0 Å². The predicted molar refractivity (Wildman–Crippen MR) is 116 cm³/mol. The Morgan fingerprint density at radius 3 is 2.53 bits per heavy atom. The molecule has 8 nitrogen and oxygen atoms in total. The van der Waals surface area contributed by atoms with E-state index in [1.807, 2.05) is 0 Å². The average molecular weight is 516 g/mol. The second-order valence-corrected chi connectivity index (χ2v) is 9.54. The number of alkyl halides is 6. The summed E-state index contributed by atoms with van der Waals surface area (Å²) >= 11 is 0. The lowest BCUT2D eigenvalue weighted by Gasteiger charge is -2.45. The van der Waals surface area contributed by atoms with E-state index in [1.165, 1.54) is 23.4 Å². The zero-order chi connectivity index (χ0) is 26.1. The molecule has 3 aromatic rings. The summed E-state index contributed by atoms with van der Waals surface area (Å²) in [7, 11) is 0. The molecule has 2 aliphatic rings.